The molecule has 6 heteroatoms. The number of methoxy groups -OCH3 is 1. The minimum Gasteiger partial charge on any atom is -0.497 e. The van der Waals surface area contributed by atoms with Crippen LogP contribution in [0.1, 0.15) is 28.8 Å². The Morgan fingerprint density at radius 3 is 2.04 bits per heavy atom. The van der Waals surface area contributed by atoms with Gasteiger partial charge in [-0.25, -0.2) is 4.79 Å². The first-order valence-corrected chi connectivity index (χ1v) is 9.56. The van der Waals surface area contributed by atoms with Crippen molar-refractivity contribution in [2.75, 3.05) is 38.2 Å². The van der Waals surface area contributed by atoms with Crippen molar-refractivity contribution < 1.29 is 19.4 Å². The molecule has 6 nitrogen and oxygen atoms in total. The Bertz CT molecular complexity index is 864. The van der Waals surface area contributed by atoms with Crippen LogP contribution in [0.4, 0.5) is 5.69 Å². The number of amides is 1. The number of aromatic carboxylic acids is 1. The highest BCUT2D eigenvalue weighted by Gasteiger charge is 2.53. The molecule has 0 bridgehead atoms. The van der Waals surface area contributed by atoms with Gasteiger partial charge in [-0.2, -0.15) is 0 Å². The van der Waals surface area contributed by atoms with Gasteiger partial charge in [0.25, 0.3) is 0 Å². The van der Waals surface area contributed by atoms with Crippen LogP contribution in [-0.4, -0.2) is 55.2 Å². The number of nitrogens with zero attached hydrogens (tertiary/aromatic N) is 2. The second kappa shape index (κ2) is 7.19. The molecule has 0 atom stereocenters. The Morgan fingerprint density at radius 2 is 1.54 bits per heavy atom. The molecule has 0 aromatic heterocycles. The molecule has 2 aromatic carbocycles. The Labute approximate surface area is 164 Å². The van der Waals surface area contributed by atoms with Crippen molar-refractivity contribution in [3.05, 3.63) is 59.7 Å². The fourth-order valence-electron chi connectivity index (χ4n) is 3.95. The predicted molar refractivity (Wildman–Crippen MR) is 106 cm³/mol. The molecule has 0 unspecified atom stereocenters. The van der Waals surface area contributed by atoms with Gasteiger partial charge in [0.2, 0.25) is 5.91 Å². The van der Waals surface area contributed by atoms with Gasteiger partial charge in [-0.3, -0.25) is 4.79 Å². The van der Waals surface area contributed by atoms with Crippen LogP contribution in [0.15, 0.2) is 48.5 Å². The largest absolute Gasteiger partial charge is 0.497 e. The summed E-state index contributed by atoms with van der Waals surface area (Å²) < 4.78 is 5.22. The number of carbonyl (C=O) groups excluding carboxylic acids is 1. The van der Waals surface area contributed by atoms with Crippen LogP contribution in [0.2, 0.25) is 0 Å². The zero-order valence-electron chi connectivity index (χ0n) is 15.9. The molecular formula is C22H24N2O4. The number of anilines is 1. The SMILES string of the molecule is COc1ccc(C2(C(=O)N3CCN(c4ccc(C(=O)O)cc4)CC3)CC2)cc1. The van der Waals surface area contributed by atoms with E-state index < -0.39 is 5.97 Å². The van der Waals surface area contributed by atoms with Crippen molar-refractivity contribution in [1.82, 2.24) is 4.90 Å². The summed E-state index contributed by atoms with van der Waals surface area (Å²) in [5.41, 5.74) is 1.99. The van der Waals surface area contributed by atoms with Gasteiger partial charge in [0.15, 0.2) is 0 Å². The highest BCUT2D eigenvalue weighted by molar-refractivity contribution is 5.91. The molecule has 1 aliphatic carbocycles. The molecule has 4 rings (SSSR count). The smallest absolute Gasteiger partial charge is 0.335 e. The molecule has 1 heterocycles. The lowest BCUT2D eigenvalue weighted by Crippen LogP contribution is -2.51. The van der Waals surface area contributed by atoms with Crippen molar-refractivity contribution in [3.63, 3.8) is 0 Å². The van der Waals surface area contributed by atoms with Crippen LogP contribution in [0.5, 0.6) is 5.75 Å². The first-order chi connectivity index (χ1) is 13.5. The van der Waals surface area contributed by atoms with Crippen LogP contribution < -0.4 is 9.64 Å². The maximum absolute atomic E-state index is 13.2. The number of hydrogen-bond acceptors (Lipinski definition) is 4. The Hall–Kier alpha value is -3.02. The summed E-state index contributed by atoms with van der Waals surface area (Å²) in [6.07, 6.45) is 1.80. The van der Waals surface area contributed by atoms with Crippen LogP contribution >= 0.6 is 0 Å². The van der Waals surface area contributed by atoms with Crippen LogP contribution in [-0.2, 0) is 10.2 Å². The number of carboxylic acids is 1. The minimum absolute atomic E-state index is 0.221. The van der Waals surface area contributed by atoms with E-state index in [1.807, 2.05) is 41.3 Å². The highest BCUT2D eigenvalue weighted by Crippen LogP contribution is 2.50. The summed E-state index contributed by atoms with van der Waals surface area (Å²) in [5.74, 6) is 0.100. The van der Waals surface area contributed by atoms with Gasteiger partial charge >= 0.3 is 5.97 Å². The molecule has 1 N–H and O–H groups in total. The van der Waals surface area contributed by atoms with E-state index in [0.717, 1.165) is 42.9 Å². The number of carboxylic acid groups (broad SMARTS) is 1. The lowest BCUT2D eigenvalue weighted by Gasteiger charge is -2.38. The quantitative estimate of drug-likeness (QED) is 0.864. The maximum Gasteiger partial charge on any atom is 0.335 e. The molecule has 2 aromatic rings. The van der Waals surface area contributed by atoms with E-state index in [2.05, 4.69) is 4.90 Å². The van der Waals surface area contributed by atoms with E-state index in [9.17, 15) is 9.59 Å². The molecule has 1 saturated heterocycles. The Balaban J connectivity index is 1.40. The van der Waals surface area contributed by atoms with Crippen molar-refractivity contribution in [2.24, 2.45) is 0 Å². The van der Waals surface area contributed by atoms with Gasteiger partial charge in [-0.15, -0.1) is 0 Å². The van der Waals surface area contributed by atoms with Crippen molar-refractivity contribution >= 4 is 17.6 Å². The molecule has 28 heavy (non-hydrogen) atoms. The second-order valence-corrected chi connectivity index (χ2v) is 7.44. The molecule has 1 saturated carbocycles. The van der Waals surface area contributed by atoms with Gasteiger partial charge < -0.3 is 19.6 Å². The topological polar surface area (TPSA) is 70.1 Å². The van der Waals surface area contributed by atoms with E-state index in [1.165, 1.54) is 0 Å². The average molecular weight is 380 g/mol. The standard InChI is InChI=1S/C22H24N2O4/c1-28-19-8-4-17(5-9-19)22(10-11-22)21(27)24-14-12-23(13-15-24)18-6-2-16(3-7-18)20(25)26/h2-9H,10-15H2,1H3,(H,25,26). The van der Waals surface area contributed by atoms with Gasteiger partial charge in [0.05, 0.1) is 18.1 Å². The summed E-state index contributed by atoms with van der Waals surface area (Å²) in [6.45, 7) is 2.85. The Kier molecular flexibility index (Phi) is 4.71. The van der Waals surface area contributed by atoms with Gasteiger partial charge in [-0.05, 0) is 54.8 Å². The summed E-state index contributed by atoms with van der Waals surface area (Å²) >= 11 is 0. The van der Waals surface area contributed by atoms with E-state index >= 15 is 0 Å². The molecule has 2 fully saturated rings. The number of rotatable bonds is 5. The Morgan fingerprint density at radius 1 is 0.929 bits per heavy atom. The maximum atomic E-state index is 13.2. The van der Waals surface area contributed by atoms with E-state index in [4.69, 9.17) is 9.84 Å². The predicted octanol–water partition coefficient (Wildman–Crippen LogP) is 2.77. The summed E-state index contributed by atoms with van der Waals surface area (Å²) in [4.78, 5) is 28.4. The average Bonchev–Trinajstić information content (AvgIpc) is 3.55. The summed E-state index contributed by atoms with van der Waals surface area (Å²) in [6, 6.07) is 14.8. The molecule has 0 radical (unpaired) electrons. The highest BCUT2D eigenvalue weighted by atomic mass is 16.5. The monoisotopic (exact) mass is 380 g/mol. The second-order valence-electron chi connectivity index (χ2n) is 7.44. The van der Waals surface area contributed by atoms with Gasteiger partial charge in [0, 0.05) is 31.9 Å². The molecule has 2 aliphatic rings. The lowest BCUT2D eigenvalue weighted by molar-refractivity contribution is -0.134. The number of piperazine rings is 1. The molecule has 0 spiro atoms. The molecule has 146 valence electrons. The molecular weight excluding hydrogens is 356 g/mol. The van der Waals surface area contributed by atoms with Gasteiger partial charge in [-0.1, -0.05) is 12.1 Å². The van der Waals surface area contributed by atoms with Gasteiger partial charge in [0.1, 0.15) is 5.75 Å². The molecule has 1 amide bonds. The van der Waals surface area contributed by atoms with Crippen LogP contribution in [0.3, 0.4) is 0 Å². The fraction of sp³-hybridized carbons (Fsp3) is 0.364. The van der Waals surface area contributed by atoms with Crippen molar-refractivity contribution in [1.29, 1.82) is 0 Å². The zero-order chi connectivity index (χ0) is 19.7. The van der Waals surface area contributed by atoms with E-state index in [1.54, 1.807) is 19.2 Å². The van der Waals surface area contributed by atoms with E-state index in [0.29, 0.717) is 13.1 Å². The number of carbonyl (C=O) groups is 2. The lowest BCUT2D eigenvalue weighted by atomic mass is 9.94. The molecule has 1 aliphatic heterocycles. The van der Waals surface area contributed by atoms with Crippen LogP contribution in [0, 0.1) is 0 Å². The third-order valence-electron chi connectivity index (χ3n) is 5.85. The summed E-state index contributed by atoms with van der Waals surface area (Å²) in [7, 11) is 1.64. The first kappa shape index (κ1) is 18.3. The minimum atomic E-state index is -0.921. The normalized spacial score (nSPS) is 17.9. The summed E-state index contributed by atoms with van der Waals surface area (Å²) in [5, 5.41) is 9.02. The van der Waals surface area contributed by atoms with Crippen LogP contribution in [0.25, 0.3) is 0 Å². The number of hydrogen-bond donors (Lipinski definition) is 1. The third kappa shape index (κ3) is 3.30. The third-order valence-corrected chi connectivity index (χ3v) is 5.85. The number of ether oxygens (including phenoxy) is 1. The first-order valence-electron chi connectivity index (χ1n) is 9.56. The zero-order valence-corrected chi connectivity index (χ0v) is 15.9. The fourth-order valence-corrected chi connectivity index (χ4v) is 3.95. The number of benzene rings is 2. The van der Waals surface area contributed by atoms with Crippen molar-refractivity contribution in [3.8, 4) is 5.75 Å². The van der Waals surface area contributed by atoms with Crippen molar-refractivity contribution in [2.45, 2.75) is 18.3 Å². The van der Waals surface area contributed by atoms with E-state index in [-0.39, 0.29) is 16.9 Å².